The molecule has 0 aliphatic heterocycles. The second-order valence-corrected chi connectivity index (χ2v) is 5.88. The van der Waals surface area contributed by atoms with Crippen LogP contribution in [0.25, 0.3) is 0 Å². The van der Waals surface area contributed by atoms with Gasteiger partial charge >= 0.3 is 0 Å². The second kappa shape index (κ2) is 12.9. The SMILES string of the molecule is CCCOCCC(=O)Nc1ccc(CCC(=O)NCCC(=O)NC)cc1. The highest BCUT2D eigenvalue weighted by atomic mass is 16.5. The number of hydrogen-bond donors (Lipinski definition) is 3. The van der Waals surface area contributed by atoms with E-state index in [1.807, 2.05) is 31.2 Å². The fraction of sp³-hybridized carbons (Fsp3) is 0.526. The van der Waals surface area contributed by atoms with Crippen molar-refractivity contribution < 1.29 is 19.1 Å². The van der Waals surface area contributed by atoms with Crippen molar-refractivity contribution in [2.75, 3.05) is 32.1 Å². The van der Waals surface area contributed by atoms with Gasteiger partial charge in [-0.25, -0.2) is 0 Å². The van der Waals surface area contributed by atoms with Crippen LogP contribution in [0.2, 0.25) is 0 Å². The monoisotopic (exact) mass is 363 g/mol. The lowest BCUT2D eigenvalue weighted by molar-refractivity contribution is -0.122. The number of hydrogen-bond acceptors (Lipinski definition) is 4. The highest BCUT2D eigenvalue weighted by Gasteiger charge is 2.05. The van der Waals surface area contributed by atoms with Crippen LogP contribution >= 0.6 is 0 Å². The second-order valence-electron chi connectivity index (χ2n) is 5.88. The minimum atomic E-state index is -0.0974. The van der Waals surface area contributed by atoms with Crippen LogP contribution in [-0.2, 0) is 25.5 Å². The van der Waals surface area contributed by atoms with Crippen LogP contribution in [0.15, 0.2) is 24.3 Å². The molecular formula is C19H29N3O4. The van der Waals surface area contributed by atoms with Crippen molar-refractivity contribution in [2.24, 2.45) is 0 Å². The minimum Gasteiger partial charge on any atom is -0.381 e. The Labute approximate surface area is 154 Å². The first-order chi connectivity index (χ1) is 12.5. The number of aryl methyl sites for hydroxylation is 1. The summed E-state index contributed by atoms with van der Waals surface area (Å²) in [6.07, 6.45) is 2.51. The lowest BCUT2D eigenvalue weighted by atomic mass is 10.1. The van der Waals surface area contributed by atoms with E-state index in [9.17, 15) is 14.4 Å². The number of benzene rings is 1. The van der Waals surface area contributed by atoms with Crippen molar-refractivity contribution in [3.05, 3.63) is 29.8 Å². The minimum absolute atomic E-state index is 0.0793. The molecule has 1 aromatic carbocycles. The van der Waals surface area contributed by atoms with E-state index in [0.717, 1.165) is 17.7 Å². The molecule has 0 heterocycles. The summed E-state index contributed by atoms with van der Waals surface area (Å²) in [5, 5.41) is 8.04. The van der Waals surface area contributed by atoms with Gasteiger partial charge in [0.1, 0.15) is 0 Å². The van der Waals surface area contributed by atoms with E-state index in [4.69, 9.17) is 4.74 Å². The molecule has 0 spiro atoms. The smallest absolute Gasteiger partial charge is 0.226 e. The summed E-state index contributed by atoms with van der Waals surface area (Å²) in [4.78, 5) is 34.6. The van der Waals surface area contributed by atoms with Gasteiger partial charge in [0.15, 0.2) is 0 Å². The molecule has 0 unspecified atom stereocenters. The predicted molar refractivity (Wildman–Crippen MR) is 101 cm³/mol. The highest BCUT2D eigenvalue weighted by molar-refractivity contribution is 5.90. The maximum atomic E-state index is 11.8. The van der Waals surface area contributed by atoms with Gasteiger partial charge in [0.25, 0.3) is 0 Å². The van der Waals surface area contributed by atoms with Gasteiger partial charge < -0.3 is 20.7 Å². The number of nitrogens with one attached hydrogen (secondary N) is 3. The van der Waals surface area contributed by atoms with Crippen LogP contribution in [0.5, 0.6) is 0 Å². The first-order valence-electron chi connectivity index (χ1n) is 8.99. The van der Waals surface area contributed by atoms with E-state index in [2.05, 4.69) is 16.0 Å². The lowest BCUT2D eigenvalue weighted by Crippen LogP contribution is -2.29. The Morgan fingerprint density at radius 1 is 0.923 bits per heavy atom. The van der Waals surface area contributed by atoms with Gasteiger partial charge in [-0.1, -0.05) is 19.1 Å². The van der Waals surface area contributed by atoms with Crippen molar-refractivity contribution in [2.45, 2.75) is 39.0 Å². The molecule has 26 heavy (non-hydrogen) atoms. The highest BCUT2D eigenvalue weighted by Crippen LogP contribution is 2.11. The van der Waals surface area contributed by atoms with Crippen molar-refractivity contribution in [3.63, 3.8) is 0 Å². The largest absolute Gasteiger partial charge is 0.381 e. The first-order valence-corrected chi connectivity index (χ1v) is 8.99. The summed E-state index contributed by atoms with van der Waals surface area (Å²) in [6.45, 7) is 3.45. The summed E-state index contributed by atoms with van der Waals surface area (Å²) < 4.78 is 5.29. The quantitative estimate of drug-likeness (QED) is 0.492. The fourth-order valence-electron chi connectivity index (χ4n) is 2.18. The molecule has 0 aliphatic carbocycles. The van der Waals surface area contributed by atoms with E-state index in [1.165, 1.54) is 0 Å². The van der Waals surface area contributed by atoms with Crippen molar-refractivity contribution in [1.29, 1.82) is 0 Å². The number of rotatable bonds is 12. The normalized spacial score (nSPS) is 10.2. The summed E-state index contributed by atoms with van der Waals surface area (Å²) in [5.74, 6) is -0.262. The van der Waals surface area contributed by atoms with Crippen LogP contribution in [-0.4, -0.2) is 44.5 Å². The molecular weight excluding hydrogens is 334 g/mol. The molecule has 144 valence electrons. The van der Waals surface area contributed by atoms with Gasteiger partial charge in [0.2, 0.25) is 17.7 Å². The topological polar surface area (TPSA) is 96.5 Å². The zero-order valence-electron chi connectivity index (χ0n) is 15.6. The molecule has 7 nitrogen and oxygen atoms in total. The van der Waals surface area contributed by atoms with Gasteiger partial charge in [-0.15, -0.1) is 0 Å². The molecule has 0 saturated carbocycles. The van der Waals surface area contributed by atoms with Crippen LogP contribution < -0.4 is 16.0 Å². The van der Waals surface area contributed by atoms with E-state index < -0.39 is 0 Å². The zero-order valence-corrected chi connectivity index (χ0v) is 15.6. The van der Waals surface area contributed by atoms with Gasteiger partial charge in [0.05, 0.1) is 13.0 Å². The molecule has 7 heteroatoms. The Kier molecular flexibility index (Phi) is 10.7. The maximum Gasteiger partial charge on any atom is 0.226 e. The van der Waals surface area contributed by atoms with E-state index >= 15 is 0 Å². The molecule has 0 bridgehead atoms. The van der Waals surface area contributed by atoms with E-state index in [1.54, 1.807) is 7.05 Å². The third-order valence-electron chi connectivity index (χ3n) is 3.65. The Bertz CT molecular complexity index is 573. The molecule has 0 fully saturated rings. The van der Waals surface area contributed by atoms with Gasteiger partial charge in [-0.3, -0.25) is 14.4 Å². The molecule has 0 aromatic heterocycles. The lowest BCUT2D eigenvalue weighted by Gasteiger charge is -2.08. The summed E-state index contributed by atoms with van der Waals surface area (Å²) in [7, 11) is 1.57. The average molecular weight is 363 g/mol. The number of carbonyl (C=O) groups excluding carboxylic acids is 3. The predicted octanol–water partition coefficient (Wildman–Crippen LogP) is 1.63. The van der Waals surface area contributed by atoms with Crippen molar-refractivity contribution in [1.82, 2.24) is 10.6 Å². The number of amides is 3. The first kappa shape index (κ1) is 21.6. The van der Waals surface area contributed by atoms with Gasteiger partial charge in [-0.05, 0) is 30.5 Å². The van der Waals surface area contributed by atoms with Gasteiger partial charge in [0, 0.05) is 38.7 Å². The molecule has 3 amide bonds. The number of ether oxygens (including phenoxy) is 1. The summed E-state index contributed by atoms with van der Waals surface area (Å²) in [5.41, 5.74) is 1.74. The van der Waals surface area contributed by atoms with E-state index in [-0.39, 0.29) is 24.1 Å². The number of anilines is 1. The van der Waals surface area contributed by atoms with Gasteiger partial charge in [-0.2, -0.15) is 0 Å². The molecule has 0 atom stereocenters. The zero-order chi connectivity index (χ0) is 19.2. The fourth-order valence-corrected chi connectivity index (χ4v) is 2.18. The van der Waals surface area contributed by atoms with Crippen LogP contribution in [0.3, 0.4) is 0 Å². The summed E-state index contributed by atoms with van der Waals surface area (Å²) >= 11 is 0. The van der Waals surface area contributed by atoms with Crippen molar-refractivity contribution in [3.8, 4) is 0 Å². The van der Waals surface area contributed by atoms with Crippen LogP contribution in [0, 0.1) is 0 Å². The molecule has 0 saturated heterocycles. The molecule has 1 rings (SSSR count). The molecule has 3 N–H and O–H groups in total. The standard InChI is InChI=1S/C19H29N3O4/c1-3-13-26-14-11-19(25)22-16-7-4-15(5-8-16)6-9-18(24)21-12-10-17(23)20-2/h4-5,7-8H,3,6,9-14H2,1-2H3,(H,20,23)(H,21,24)(H,22,25). The average Bonchev–Trinajstić information content (AvgIpc) is 2.64. The third kappa shape index (κ3) is 9.78. The van der Waals surface area contributed by atoms with Crippen LogP contribution in [0.4, 0.5) is 5.69 Å². The Morgan fingerprint density at radius 3 is 2.31 bits per heavy atom. The van der Waals surface area contributed by atoms with E-state index in [0.29, 0.717) is 39.0 Å². The Balaban J connectivity index is 2.26. The Hall–Kier alpha value is -2.41. The molecule has 1 aromatic rings. The molecule has 0 radical (unpaired) electrons. The van der Waals surface area contributed by atoms with Crippen LogP contribution in [0.1, 0.15) is 38.2 Å². The molecule has 0 aliphatic rings. The Morgan fingerprint density at radius 2 is 1.65 bits per heavy atom. The summed E-state index contributed by atoms with van der Waals surface area (Å²) in [6, 6.07) is 7.43. The maximum absolute atomic E-state index is 11.8. The third-order valence-corrected chi connectivity index (χ3v) is 3.65. The van der Waals surface area contributed by atoms with Crippen molar-refractivity contribution >= 4 is 23.4 Å². The number of carbonyl (C=O) groups is 3.